The summed E-state index contributed by atoms with van der Waals surface area (Å²) >= 11 is -0.509. The summed E-state index contributed by atoms with van der Waals surface area (Å²) in [5.41, 5.74) is 4.55. The van der Waals surface area contributed by atoms with Crippen molar-refractivity contribution < 1.29 is 17.7 Å². The van der Waals surface area contributed by atoms with Crippen LogP contribution in [0, 0.1) is 0 Å². The molecule has 4 rings (SSSR count). The van der Waals surface area contributed by atoms with Crippen molar-refractivity contribution in [2.45, 2.75) is 0 Å². The van der Waals surface area contributed by atoms with Gasteiger partial charge in [-0.2, -0.15) is 0 Å². The van der Waals surface area contributed by atoms with Gasteiger partial charge in [0.05, 0.1) is 0 Å². The second-order valence-corrected chi connectivity index (χ2v) is 8.60. The Bertz CT molecular complexity index is 888. The summed E-state index contributed by atoms with van der Waals surface area (Å²) in [6.45, 7) is 0. The Labute approximate surface area is 155 Å². The van der Waals surface area contributed by atoms with E-state index in [-0.39, 0.29) is 0 Å². The summed E-state index contributed by atoms with van der Waals surface area (Å²) in [4.78, 5) is 9.08. The summed E-state index contributed by atoms with van der Waals surface area (Å²) < 4.78 is 2.79. The summed E-state index contributed by atoms with van der Waals surface area (Å²) in [5.74, 6) is 0. The minimum absolute atomic E-state index is 0.509. The Kier molecular flexibility index (Phi) is 4.78. The Morgan fingerprint density at radius 3 is 1.36 bits per heavy atom. The van der Waals surface area contributed by atoms with E-state index in [0.29, 0.717) is 0 Å². The monoisotopic (exact) mass is 501 g/mol. The molecule has 0 spiro atoms. The number of aromatic nitrogens is 2. The zero-order chi connectivity index (χ0) is 16.9. The third kappa shape index (κ3) is 3.58. The molecule has 2 heterocycles. The molecule has 0 aliphatic rings. The van der Waals surface area contributed by atoms with Crippen LogP contribution < -0.4 is 8.15 Å². The van der Waals surface area contributed by atoms with Crippen LogP contribution in [0.3, 0.4) is 0 Å². The molecule has 0 aliphatic heterocycles. The van der Waals surface area contributed by atoms with Gasteiger partial charge in [-0.15, -0.1) is 0 Å². The van der Waals surface area contributed by atoms with Crippen molar-refractivity contribution >= 4 is 8.15 Å². The van der Waals surface area contributed by atoms with Crippen LogP contribution in [-0.2, 0) is 17.7 Å². The van der Waals surface area contributed by atoms with E-state index in [4.69, 9.17) is 0 Å². The molecule has 0 atom stereocenters. The summed E-state index contributed by atoms with van der Waals surface area (Å²) in [5, 5.41) is 0. The van der Waals surface area contributed by atoms with Gasteiger partial charge in [-0.25, -0.2) is 0 Å². The number of pyridine rings is 2. The average Bonchev–Trinajstić information content (AvgIpc) is 2.70. The van der Waals surface area contributed by atoms with Gasteiger partial charge >= 0.3 is 156 Å². The van der Waals surface area contributed by atoms with Crippen LogP contribution in [0.1, 0.15) is 0 Å². The number of nitrogens with zero attached hydrogens (tertiary/aromatic N) is 2. The predicted octanol–water partition coefficient (Wildman–Crippen LogP) is 3.84. The zero-order valence-corrected chi connectivity index (χ0v) is 15.9. The van der Waals surface area contributed by atoms with Crippen LogP contribution in [0.2, 0.25) is 0 Å². The van der Waals surface area contributed by atoms with Gasteiger partial charge in [-0.1, -0.05) is 0 Å². The molecule has 2 aromatic heterocycles. The second kappa shape index (κ2) is 7.52. The molecule has 123 valence electrons. The minimum atomic E-state index is -0.509. The van der Waals surface area contributed by atoms with E-state index in [1.54, 1.807) is 0 Å². The molecular formula is C22H16IrN2. The fourth-order valence-electron chi connectivity index (χ4n) is 2.60. The van der Waals surface area contributed by atoms with E-state index in [1.807, 2.05) is 36.7 Å². The van der Waals surface area contributed by atoms with Gasteiger partial charge in [-0.3, -0.25) is 0 Å². The van der Waals surface area contributed by atoms with Crippen LogP contribution in [0.25, 0.3) is 22.5 Å². The SMILES string of the molecule is c1ccc(-c2cccc[c]2[Ir][c]2ccccc2-c2ccccn2)nc1. The molecule has 0 fully saturated rings. The third-order valence-electron chi connectivity index (χ3n) is 3.77. The molecule has 0 radical (unpaired) electrons. The van der Waals surface area contributed by atoms with Gasteiger partial charge in [-0.05, 0) is 0 Å². The molecule has 2 aromatic carbocycles. The fraction of sp³-hybridized carbons (Fsp3) is 0. The van der Waals surface area contributed by atoms with E-state index < -0.39 is 17.7 Å². The number of hydrogen-bond acceptors (Lipinski definition) is 2. The number of hydrogen-bond donors (Lipinski definition) is 0. The first kappa shape index (κ1) is 15.9. The van der Waals surface area contributed by atoms with E-state index in [2.05, 4.69) is 70.6 Å². The molecule has 25 heavy (non-hydrogen) atoms. The van der Waals surface area contributed by atoms with Crippen LogP contribution in [0.15, 0.2) is 97.3 Å². The third-order valence-corrected chi connectivity index (χ3v) is 7.15. The predicted molar refractivity (Wildman–Crippen MR) is 98.6 cm³/mol. The van der Waals surface area contributed by atoms with Gasteiger partial charge < -0.3 is 0 Å². The number of benzene rings is 2. The Morgan fingerprint density at radius 2 is 0.920 bits per heavy atom. The van der Waals surface area contributed by atoms with Crippen LogP contribution in [0.5, 0.6) is 0 Å². The van der Waals surface area contributed by atoms with Gasteiger partial charge in [0, 0.05) is 0 Å². The van der Waals surface area contributed by atoms with Crippen LogP contribution in [0.4, 0.5) is 0 Å². The molecular weight excluding hydrogens is 484 g/mol. The number of rotatable bonds is 4. The van der Waals surface area contributed by atoms with Crippen molar-refractivity contribution in [1.29, 1.82) is 0 Å². The van der Waals surface area contributed by atoms with Crippen molar-refractivity contribution in [3.05, 3.63) is 97.3 Å². The normalized spacial score (nSPS) is 10.7. The fourth-order valence-corrected chi connectivity index (χ4v) is 5.81. The zero-order valence-electron chi connectivity index (χ0n) is 13.5. The van der Waals surface area contributed by atoms with E-state index in [9.17, 15) is 0 Å². The molecule has 4 aromatic rings. The van der Waals surface area contributed by atoms with Crippen molar-refractivity contribution in [2.24, 2.45) is 0 Å². The van der Waals surface area contributed by atoms with E-state index >= 15 is 0 Å². The van der Waals surface area contributed by atoms with Crippen molar-refractivity contribution in [1.82, 2.24) is 9.97 Å². The van der Waals surface area contributed by atoms with Crippen LogP contribution >= 0.6 is 0 Å². The average molecular weight is 501 g/mol. The quantitative estimate of drug-likeness (QED) is 0.426. The van der Waals surface area contributed by atoms with Gasteiger partial charge in [0.15, 0.2) is 0 Å². The topological polar surface area (TPSA) is 25.8 Å². The molecule has 2 nitrogen and oxygen atoms in total. The molecule has 0 bridgehead atoms. The summed E-state index contributed by atoms with van der Waals surface area (Å²) in [6.07, 6.45) is 3.71. The molecule has 0 saturated heterocycles. The maximum absolute atomic E-state index is 4.54. The molecule has 0 unspecified atom stereocenters. The molecule has 0 amide bonds. The Morgan fingerprint density at radius 1 is 0.480 bits per heavy atom. The van der Waals surface area contributed by atoms with E-state index in [1.165, 1.54) is 19.3 Å². The van der Waals surface area contributed by atoms with Crippen molar-refractivity contribution in [2.75, 3.05) is 0 Å². The molecule has 0 saturated carbocycles. The first-order valence-electron chi connectivity index (χ1n) is 8.03. The summed E-state index contributed by atoms with van der Waals surface area (Å²) in [6, 6.07) is 29.4. The van der Waals surface area contributed by atoms with Gasteiger partial charge in [0.1, 0.15) is 0 Å². The molecule has 3 heteroatoms. The summed E-state index contributed by atoms with van der Waals surface area (Å²) in [7, 11) is 0. The van der Waals surface area contributed by atoms with Gasteiger partial charge in [0.25, 0.3) is 0 Å². The van der Waals surface area contributed by atoms with Crippen molar-refractivity contribution in [3.8, 4) is 22.5 Å². The van der Waals surface area contributed by atoms with Crippen molar-refractivity contribution in [3.63, 3.8) is 0 Å². The Balaban J connectivity index is 1.76. The Hall–Kier alpha value is -2.61. The first-order valence-corrected chi connectivity index (χ1v) is 10.4. The standard InChI is InChI=1S/2C11H8N.Ir/c2*1-2-6-10(7-3-1)11-8-4-5-9-12-11;/h2*1-6,8-9H;. The second-order valence-electron chi connectivity index (χ2n) is 5.42. The molecule has 0 aliphatic carbocycles. The van der Waals surface area contributed by atoms with E-state index in [0.717, 1.165) is 11.4 Å². The first-order chi connectivity index (χ1) is 12.4. The van der Waals surface area contributed by atoms with Gasteiger partial charge in [0.2, 0.25) is 0 Å². The molecule has 0 N–H and O–H groups in total. The maximum atomic E-state index is 4.54. The van der Waals surface area contributed by atoms with Crippen LogP contribution in [-0.4, -0.2) is 9.97 Å².